The zero-order chi connectivity index (χ0) is 10.4. The van der Waals surface area contributed by atoms with E-state index in [1.807, 2.05) is 12.1 Å². The zero-order valence-corrected chi connectivity index (χ0v) is 7.98. The largest absolute Gasteiger partial charge is 0.508 e. The lowest BCUT2D eigenvalue weighted by Crippen LogP contribution is -1.84. The molecule has 0 saturated heterocycles. The lowest BCUT2D eigenvalue weighted by atomic mass is 10.1. The first-order valence-electron chi connectivity index (χ1n) is 4.48. The van der Waals surface area contributed by atoms with Crippen LogP contribution in [-0.2, 0) is 6.42 Å². The molecule has 0 heterocycles. The Morgan fingerprint density at radius 2 is 2.14 bits per heavy atom. The van der Waals surface area contributed by atoms with Crippen LogP contribution < -0.4 is 0 Å². The molecule has 0 aliphatic rings. The Morgan fingerprint density at radius 1 is 1.36 bits per heavy atom. The Labute approximate surface area is 83.8 Å². The maximum atomic E-state index is 9.47. The molecule has 0 bridgehead atoms. The van der Waals surface area contributed by atoms with Crippen LogP contribution in [0.3, 0.4) is 0 Å². The van der Waals surface area contributed by atoms with Crippen molar-refractivity contribution in [2.24, 2.45) is 0 Å². The predicted molar refractivity (Wildman–Crippen MR) is 58.1 cm³/mol. The van der Waals surface area contributed by atoms with E-state index in [2.05, 4.69) is 6.58 Å². The maximum absolute atomic E-state index is 9.47. The van der Waals surface area contributed by atoms with E-state index in [-0.39, 0.29) is 12.4 Å². The fourth-order valence-corrected chi connectivity index (χ4v) is 1.22. The highest BCUT2D eigenvalue weighted by atomic mass is 16.3. The molecule has 0 saturated carbocycles. The molecule has 0 fully saturated rings. The molecule has 0 radical (unpaired) electrons. The molecular formula is C12H14O2. The van der Waals surface area contributed by atoms with Crippen molar-refractivity contribution < 1.29 is 10.2 Å². The second-order valence-electron chi connectivity index (χ2n) is 2.97. The van der Waals surface area contributed by atoms with Crippen molar-refractivity contribution >= 4 is 6.08 Å². The summed E-state index contributed by atoms with van der Waals surface area (Å²) in [6.45, 7) is 3.65. The second kappa shape index (κ2) is 5.25. The van der Waals surface area contributed by atoms with Crippen LogP contribution in [0.2, 0.25) is 0 Å². The molecule has 2 heteroatoms. The molecule has 74 valence electrons. The molecule has 0 aliphatic heterocycles. The first-order valence-corrected chi connectivity index (χ1v) is 4.48. The van der Waals surface area contributed by atoms with E-state index in [9.17, 15) is 5.11 Å². The topological polar surface area (TPSA) is 40.5 Å². The van der Waals surface area contributed by atoms with Crippen LogP contribution >= 0.6 is 0 Å². The standard InChI is InChI=1S/C12H14O2/c1-2-4-11-9-10(5-3-8-13)6-7-12(11)14/h2-3,5-7,9,13-14H,1,4,8H2/b5-3+. The normalized spacial score (nSPS) is 10.6. The molecule has 14 heavy (non-hydrogen) atoms. The number of phenolic OH excluding ortho intramolecular Hbond substituents is 1. The molecule has 1 rings (SSSR count). The molecule has 0 spiro atoms. The van der Waals surface area contributed by atoms with Crippen LogP contribution in [0.4, 0.5) is 0 Å². The minimum atomic E-state index is 0.0255. The summed E-state index contributed by atoms with van der Waals surface area (Å²) < 4.78 is 0. The summed E-state index contributed by atoms with van der Waals surface area (Å²) in [5, 5.41) is 18.1. The molecule has 0 aromatic heterocycles. The van der Waals surface area contributed by atoms with E-state index in [4.69, 9.17) is 5.11 Å². The summed E-state index contributed by atoms with van der Waals surface area (Å²) in [5.41, 5.74) is 1.81. The quantitative estimate of drug-likeness (QED) is 0.714. The Bertz CT molecular complexity index is 340. The molecule has 0 unspecified atom stereocenters. The van der Waals surface area contributed by atoms with Gasteiger partial charge in [-0.1, -0.05) is 24.3 Å². The van der Waals surface area contributed by atoms with Crippen LogP contribution in [0.15, 0.2) is 36.9 Å². The Morgan fingerprint density at radius 3 is 2.79 bits per heavy atom. The summed E-state index contributed by atoms with van der Waals surface area (Å²) in [7, 11) is 0. The van der Waals surface area contributed by atoms with Gasteiger partial charge in [0, 0.05) is 0 Å². The smallest absolute Gasteiger partial charge is 0.119 e. The Balaban J connectivity index is 2.93. The van der Waals surface area contributed by atoms with Gasteiger partial charge in [-0.15, -0.1) is 6.58 Å². The third-order valence-electron chi connectivity index (χ3n) is 1.88. The van der Waals surface area contributed by atoms with Gasteiger partial charge in [-0.25, -0.2) is 0 Å². The van der Waals surface area contributed by atoms with Gasteiger partial charge < -0.3 is 10.2 Å². The number of aliphatic hydroxyl groups excluding tert-OH is 1. The van der Waals surface area contributed by atoms with Crippen LogP contribution in [-0.4, -0.2) is 16.8 Å². The van der Waals surface area contributed by atoms with Crippen molar-refractivity contribution in [1.82, 2.24) is 0 Å². The van der Waals surface area contributed by atoms with Gasteiger partial charge >= 0.3 is 0 Å². The van der Waals surface area contributed by atoms with E-state index < -0.39 is 0 Å². The number of rotatable bonds is 4. The lowest BCUT2D eigenvalue weighted by molar-refractivity contribution is 0.343. The highest BCUT2D eigenvalue weighted by Crippen LogP contribution is 2.19. The van der Waals surface area contributed by atoms with Crippen molar-refractivity contribution in [3.05, 3.63) is 48.1 Å². The van der Waals surface area contributed by atoms with Gasteiger partial charge in [-0.05, 0) is 29.7 Å². The van der Waals surface area contributed by atoms with Gasteiger partial charge in [0.05, 0.1) is 6.61 Å². The van der Waals surface area contributed by atoms with E-state index >= 15 is 0 Å². The number of aromatic hydroxyl groups is 1. The monoisotopic (exact) mass is 190 g/mol. The molecule has 1 aromatic rings. The van der Waals surface area contributed by atoms with Gasteiger partial charge in [0.15, 0.2) is 0 Å². The predicted octanol–water partition coefficient (Wildman–Crippen LogP) is 2.13. The van der Waals surface area contributed by atoms with Crippen molar-refractivity contribution in [3.63, 3.8) is 0 Å². The summed E-state index contributed by atoms with van der Waals surface area (Å²) in [4.78, 5) is 0. The van der Waals surface area contributed by atoms with Crippen molar-refractivity contribution in [1.29, 1.82) is 0 Å². The van der Waals surface area contributed by atoms with Gasteiger partial charge in [0.2, 0.25) is 0 Å². The molecule has 0 atom stereocenters. The average Bonchev–Trinajstić information content (AvgIpc) is 2.19. The van der Waals surface area contributed by atoms with Gasteiger partial charge in [-0.2, -0.15) is 0 Å². The summed E-state index contributed by atoms with van der Waals surface area (Å²) in [6, 6.07) is 5.33. The van der Waals surface area contributed by atoms with Crippen LogP contribution in [0.1, 0.15) is 11.1 Å². The van der Waals surface area contributed by atoms with Gasteiger partial charge in [-0.3, -0.25) is 0 Å². The fraction of sp³-hybridized carbons (Fsp3) is 0.167. The molecule has 1 aromatic carbocycles. The van der Waals surface area contributed by atoms with Gasteiger partial charge in [0.25, 0.3) is 0 Å². The molecule has 0 amide bonds. The van der Waals surface area contributed by atoms with Gasteiger partial charge in [0.1, 0.15) is 5.75 Å². The summed E-state index contributed by atoms with van der Waals surface area (Å²) in [5.74, 6) is 0.283. The highest BCUT2D eigenvalue weighted by molar-refractivity contribution is 5.53. The minimum Gasteiger partial charge on any atom is -0.508 e. The number of benzene rings is 1. The average molecular weight is 190 g/mol. The molecule has 2 nitrogen and oxygen atoms in total. The number of hydrogen-bond acceptors (Lipinski definition) is 2. The fourth-order valence-electron chi connectivity index (χ4n) is 1.22. The first kappa shape index (κ1) is 10.5. The minimum absolute atomic E-state index is 0.0255. The van der Waals surface area contributed by atoms with E-state index in [0.29, 0.717) is 6.42 Å². The highest BCUT2D eigenvalue weighted by Gasteiger charge is 1.98. The van der Waals surface area contributed by atoms with Crippen molar-refractivity contribution in [3.8, 4) is 5.75 Å². The van der Waals surface area contributed by atoms with E-state index in [1.165, 1.54) is 0 Å². The van der Waals surface area contributed by atoms with Crippen LogP contribution in [0.25, 0.3) is 6.08 Å². The van der Waals surface area contributed by atoms with E-state index in [0.717, 1.165) is 11.1 Å². The number of aliphatic hydroxyl groups is 1. The Hall–Kier alpha value is -1.54. The molecule has 2 N–H and O–H groups in total. The molecule has 0 aliphatic carbocycles. The zero-order valence-electron chi connectivity index (χ0n) is 7.98. The van der Waals surface area contributed by atoms with Crippen molar-refractivity contribution in [2.75, 3.05) is 6.61 Å². The number of hydrogen-bond donors (Lipinski definition) is 2. The summed E-state index contributed by atoms with van der Waals surface area (Å²) in [6.07, 6.45) is 5.86. The maximum Gasteiger partial charge on any atom is 0.119 e. The van der Waals surface area contributed by atoms with Crippen molar-refractivity contribution in [2.45, 2.75) is 6.42 Å². The SMILES string of the molecule is C=CCc1cc(/C=C/CO)ccc1O. The molecular weight excluding hydrogens is 176 g/mol. The van der Waals surface area contributed by atoms with Crippen LogP contribution in [0.5, 0.6) is 5.75 Å². The Kier molecular flexibility index (Phi) is 3.95. The summed E-state index contributed by atoms with van der Waals surface area (Å²) >= 11 is 0. The van der Waals surface area contributed by atoms with E-state index in [1.54, 1.807) is 24.3 Å². The second-order valence-corrected chi connectivity index (χ2v) is 2.97. The number of phenols is 1. The number of allylic oxidation sites excluding steroid dienone is 1. The lowest BCUT2D eigenvalue weighted by Gasteiger charge is -2.02. The van der Waals surface area contributed by atoms with Crippen LogP contribution in [0, 0.1) is 0 Å². The third-order valence-corrected chi connectivity index (χ3v) is 1.88. The first-order chi connectivity index (χ1) is 6.77. The third kappa shape index (κ3) is 2.75.